The van der Waals surface area contributed by atoms with Gasteiger partial charge in [0.25, 0.3) is 5.91 Å². The minimum absolute atomic E-state index is 0.144. The molecule has 2 heterocycles. The second-order valence-electron chi connectivity index (χ2n) is 11.9. The van der Waals surface area contributed by atoms with E-state index in [4.69, 9.17) is 15.6 Å². The van der Waals surface area contributed by atoms with Crippen molar-refractivity contribution in [3.63, 3.8) is 0 Å². The smallest absolute Gasteiger partial charge is 0.475 e. The van der Waals surface area contributed by atoms with Crippen molar-refractivity contribution in [1.82, 2.24) is 20.2 Å². The van der Waals surface area contributed by atoms with E-state index in [-0.39, 0.29) is 5.91 Å². The summed E-state index contributed by atoms with van der Waals surface area (Å²) in [5.74, 6) is -1.55. The zero-order valence-electron chi connectivity index (χ0n) is 25.7. The Morgan fingerprint density at radius 2 is 1.55 bits per heavy atom. The number of likely N-dealkylation sites (tertiary alicyclic amines) is 1. The number of benzene rings is 3. The van der Waals surface area contributed by atoms with Crippen LogP contribution < -0.4 is 16.4 Å². The number of nitrogens with zero attached hydrogens (tertiary/aromatic N) is 3. The molecule has 0 bridgehead atoms. The minimum Gasteiger partial charge on any atom is -0.475 e. The SMILES string of the molecule is Nc1ccccc1NC(=O)c1ccc(CN2CCC(CNC3CC3c3ccc(-c4cncnc4)cc3)CC2)cc1.O=C(O)C(F)(F)F. The third-order valence-electron chi connectivity index (χ3n) is 8.47. The standard InChI is InChI=1S/C33H36N6O.C2HF3O2/c34-30-3-1-2-4-31(30)38-33(40)27-7-5-24(6-8-27)21-39-15-13-23(14-16-39)18-37-32-17-29(32)26-11-9-25(10-12-26)28-19-35-22-36-20-28;3-2(4,5)1(6)7/h1-12,19-20,22-23,29,32,37H,13-18,21,34H2,(H,38,40);(H,6,7). The maximum Gasteiger partial charge on any atom is 0.490 e. The quantitative estimate of drug-likeness (QED) is 0.164. The number of alkyl halides is 3. The number of amides is 1. The van der Waals surface area contributed by atoms with Crippen LogP contribution in [0.15, 0.2) is 91.5 Å². The van der Waals surface area contributed by atoms with Crippen LogP contribution in [-0.2, 0) is 11.3 Å². The highest BCUT2D eigenvalue weighted by Gasteiger charge is 2.39. The normalized spacial score (nSPS) is 18.1. The van der Waals surface area contributed by atoms with Gasteiger partial charge in [-0.15, -0.1) is 0 Å². The Morgan fingerprint density at radius 3 is 2.17 bits per heavy atom. The van der Waals surface area contributed by atoms with E-state index in [0.29, 0.717) is 28.9 Å². The van der Waals surface area contributed by atoms with Gasteiger partial charge >= 0.3 is 12.1 Å². The van der Waals surface area contributed by atoms with Gasteiger partial charge in [0.05, 0.1) is 11.4 Å². The number of para-hydroxylation sites is 2. The number of nitrogens with one attached hydrogen (secondary N) is 2. The fourth-order valence-electron chi connectivity index (χ4n) is 5.65. The minimum atomic E-state index is -5.08. The van der Waals surface area contributed by atoms with Gasteiger partial charge in [-0.1, -0.05) is 48.5 Å². The summed E-state index contributed by atoms with van der Waals surface area (Å²) in [6.45, 7) is 4.24. The van der Waals surface area contributed by atoms with Crippen LogP contribution in [0.25, 0.3) is 11.1 Å². The first-order chi connectivity index (χ1) is 22.6. The van der Waals surface area contributed by atoms with E-state index in [2.05, 4.69) is 61.9 Å². The Morgan fingerprint density at radius 1 is 0.915 bits per heavy atom. The number of rotatable bonds is 9. The van der Waals surface area contributed by atoms with Crippen molar-refractivity contribution in [2.75, 3.05) is 30.7 Å². The Balaban J connectivity index is 0.000000559. The summed E-state index contributed by atoms with van der Waals surface area (Å²) in [4.78, 5) is 32.3. The Labute approximate surface area is 271 Å². The fraction of sp³-hybridized carbons (Fsp3) is 0.314. The summed E-state index contributed by atoms with van der Waals surface area (Å²) in [6.07, 6.45) is 3.85. The maximum absolute atomic E-state index is 12.6. The highest BCUT2D eigenvalue weighted by molar-refractivity contribution is 6.05. The monoisotopic (exact) mass is 646 g/mol. The van der Waals surface area contributed by atoms with Gasteiger partial charge in [0, 0.05) is 42.0 Å². The molecule has 2 atom stereocenters. The molecule has 1 aromatic heterocycles. The van der Waals surface area contributed by atoms with Crippen LogP contribution in [-0.4, -0.2) is 63.7 Å². The van der Waals surface area contributed by atoms with Crippen LogP contribution in [0.2, 0.25) is 0 Å². The number of carboxylic acids is 1. The van der Waals surface area contributed by atoms with Gasteiger partial charge in [-0.3, -0.25) is 9.69 Å². The van der Waals surface area contributed by atoms with E-state index in [0.717, 1.165) is 43.2 Å². The lowest BCUT2D eigenvalue weighted by atomic mass is 9.96. The third-order valence-corrected chi connectivity index (χ3v) is 8.47. The van der Waals surface area contributed by atoms with Crippen LogP contribution in [0.4, 0.5) is 24.5 Å². The van der Waals surface area contributed by atoms with E-state index >= 15 is 0 Å². The van der Waals surface area contributed by atoms with E-state index in [1.807, 2.05) is 42.7 Å². The molecule has 0 radical (unpaired) electrons. The van der Waals surface area contributed by atoms with E-state index < -0.39 is 12.1 Å². The zero-order chi connectivity index (χ0) is 33.4. The average Bonchev–Trinajstić information content (AvgIpc) is 3.86. The summed E-state index contributed by atoms with van der Waals surface area (Å²) in [5, 5.41) is 13.9. The number of piperidine rings is 1. The van der Waals surface area contributed by atoms with Gasteiger partial charge in [0.2, 0.25) is 0 Å². The Hall–Kier alpha value is -4.81. The lowest BCUT2D eigenvalue weighted by Gasteiger charge is -2.32. The summed E-state index contributed by atoms with van der Waals surface area (Å²) < 4.78 is 31.7. The van der Waals surface area contributed by atoms with Gasteiger partial charge in [0.15, 0.2) is 0 Å². The predicted octanol–water partition coefficient (Wildman–Crippen LogP) is 5.97. The first-order valence-electron chi connectivity index (χ1n) is 15.4. The Kier molecular flexibility index (Phi) is 10.8. The molecule has 2 unspecified atom stereocenters. The number of aliphatic carboxylic acids is 1. The first-order valence-corrected chi connectivity index (χ1v) is 15.4. The molecular formula is C35H37F3N6O3. The van der Waals surface area contributed by atoms with Crippen molar-refractivity contribution < 1.29 is 27.9 Å². The second-order valence-corrected chi connectivity index (χ2v) is 11.9. The summed E-state index contributed by atoms with van der Waals surface area (Å²) in [5.41, 5.74) is 12.7. The number of carbonyl (C=O) groups is 2. The lowest BCUT2D eigenvalue weighted by Crippen LogP contribution is -2.37. The molecule has 1 amide bonds. The number of hydrogen-bond acceptors (Lipinski definition) is 7. The number of halogens is 3. The van der Waals surface area contributed by atoms with E-state index in [9.17, 15) is 18.0 Å². The van der Waals surface area contributed by atoms with Gasteiger partial charge in [0.1, 0.15) is 6.33 Å². The van der Waals surface area contributed by atoms with Crippen LogP contribution in [0.5, 0.6) is 0 Å². The molecule has 3 aromatic carbocycles. The topological polar surface area (TPSA) is 133 Å². The molecule has 2 aliphatic rings. The average molecular weight is 647 g/mol. The molecule has 2 fully saturated rings. The number of aromatic nitrogens is 2. The number of carboxylic acid groups (broad SMARTS) is 1. The zero-order valence-corrected chi connectivity index (χ0v) is 25.7. The molecule has 12 heteroatoms. The van der Waals surface area contributed by atoms with Crippen LogP contribution in [0, 0.1) is 5.92 Å². The number of nitrogens with two attached hydrogens (primary N) is 1. The van der Waals surface area contributed by atoms with E-state index in [1.165, 1.54) is 30.4 Å². The van der Waals surface area contributed by atoms with Crippen LogP contribution >= 0.6 is 0 Å². The Bertz CT molecular complexity index is 1630. The van der Waals surface area contributed by atoms with Crippen molar-refractivity contribution in [2.24, 2.45) is 5.92 Å². The van der Waals surface area contributed by atoms with Crippen molar-refractivity contribution in [3.05, 3.63) is 108 Å². The molecule has 0 spiro atoms. The predicted molar refractivity (Wildman–Crippen MR) is 174 cm³/mol. The molecule has 1 saturated heterocycles. The fourth-order valence-corrected chi connectivity index (χ4v) is 5.65. The number of hydrogen-bond donors (Lipinski definition) is 4. The first kappa shape index (κ1) is 33.6. The molecular weight excluding hydrogens is 609 g/mol. The number of nitrogen functional groups attached to an aromatic ring is 1. The third kappa shape index (κ3) is 9.60. The van der Waals surface area contributed by atoms with Gasteiger partial charge in [-0.2, -0.15) is 13.2 Å². The molecule has 246 valence electrons. The summed E-state index contributed by atoms with van der Waals surface area (Å²) in [6, 6.07) is 24.7. The highest BCUT2D eigenvalue weighted by Crippen LogP contribution is 2.41. The van der Waals surface area contributed by atoms with Crippen molar-refractivity contribution in [2.45, 2.75) is 43.9 Å². The summed E-state index contributed by atoms with van der Waals surface area (Å²) >= 11 is 0. The van der Waals surface area contributed by atoms with Crippen molar-refractivity contribution in [3.8, 4) is 11.1 Å². The number of carbonyl (C=O) groups excluding carboxylic acids is 1. The number of anilines is 2. The molecule has 1 saturated carbocycles. The van der Waals surface area contributed by atoms with Crippen LogP contribution in [0.1, 0.15) is 46.7 Å². The molecule has 6 rings (SSSR count). The van der Waals surface area contributed by atoms with Crippen LogP contribution in [0.3, 0.4) is 0 Å². The summed E-state index contributed by atoms with van der Waals surface area (Å²) in [7, 11) is 0. The molecule has 5 N–H and O–H groups in total. The highest BCUT2D eigenvalue weighted by atomic mass is 19.4. The largest absolute Gasteiger partial charge is 0.490 e. The second kappa shape index (κ2) is 15.2. The van der Waals surface area contributed by atoms with Crippen molar-refractivity contribution in [1.29, 1.82) is 0 Å². The molecule has 1 aliphatic heterocycles. The molecule has 9 nitrogen and oxygen atoms in total. The molecule has 1 aliphatic carbocycles. The van der Waals surface area contributed by atoms with Gasteiger partial charge in [-0.05, 0) is 85.8 Å². The molecule has 4 aromatic rings. The van der Waals surface area contributed by atoms with E-state index in [1.54, 1.807) is 12.4 Å². The lowest BCUT2D eigenvalue weighted by molar-refractivity contribution is -0.192. The van der Waals surface area contributed by atoms with Gasteiger partial charge in [-0.25, -0.2) is 14.8 Å². The molecule has 47 heavy (non-hydrogen) atoms. The maximum atomic E-state index is 12.6. The van der Waals surface area contributed by atoms with Crippen molar-refractivity contribution >= 4 is 23.3 Å². The van der Waals surface area contributed by atoms with Gasteiger partial charge < -0.3 is 21.5 Å².